The molecule has 0 saturated heterocycles. The molecule has 0 atom stereocenters. The van der Waals surface area contributed by atoms with Crippen LogP contribution >= 0.6 is 0 Å². The number of nitrogens with zero attached hydrogens (tertiary/aromatic N) is 3. The lowest BCUT2D eigenvalue weighted by Gasteiger charge is -2.11. The first-order valence-electron chi connectivity index (χ1n) is 21.5. The summed E-state index contributed by atoms with van der Waals surface area (Å²) in [4.78, 5) is 15.5. The van der Waals surface area contributed by atoms with Crippen LogP contribution < -0.4 is 0 Å². The minimum Gasteiger partial charge on any atom is -0.456 e. The van der Waals surface area contributed by atoms with Crippen molar-refractivity contribution in [2.24, 2.45) is 0 Å². The second-order valence-corrected chi connectivity index (χ2v) is 16.4. The zero-order valence-electron chi connectivity index (χ0n) is 34.4. The lowest BCUT2D eigenvalue weighted by atomic mass is 9.95. The van der Waals surface area contributed by atoms with E-state index in [1.54, 1.807) is 0 Å². The molecule has 10 aromatic carbocycles. The number of furan rings is 2. The number of rotatable bonds is 6. The fourth-order valence-corrected chi connectivity index (χ4v) is 9.33. The van der Waals surface area contributed by atoms with E-state index in [0.29, 0.717) is 17.5 Å². The molecule has 0 amide bonds. The van der Waals surface area contributed by atoms with Crippen LogP contribution in [0.3, 0.4) is 0 Å². The largest absolute Gasteiger partial charge is 0.456 e. The Morgan fingerprint density at radius 3 is 1.45 bits per heavy atom. The van der Waals surface area contributed by atoms with E-state index in [0.717, 1.165) is 104 Å². The molecule has 0 aliphatic carbocycles. The van der Waals surface area contributed by atoms with Crippen molar-refractivity contribution in [1.29, 1.82) is 0 Å². The predicted octanol–water partition coefficient (Wildman–Crippen LogP) is 16.0. The lowest BCUT2D eigenvalue weighted by Crippen LogP contribution is -2.00. The van der Waals surface area contributed by atoms with Crippen LogP contribution in [-0.2, 0) is 0 Å². The van der Waals surface area contributed by atoms with Crippen LogP contribution in [-0.4, -0.2) is 15.0 Å². The predicted molar refractivity (Wildman–Crippen MR) is 262 cm³/mol. The average Bonchev–Trinajstić information content (AvgIpc) is 3.94. The normalized spacial score (nSPS) is 11.8. The Morgan fingerprint density at radius 1 is 0.250 bits per heavy atom. The monoisotopic (exact) mass is 817 g/mol. The average molecular weight is 818 g/mol. The van der Waals surface area contributed by atoms with Gasteiger partial charge in [0.05, 0.1) is 0 Å². The Labute approximate surface area is 367 Å². The highest BCUT2D eigenvalue weighted by Gasteiger charge is 2.19. The van der Waals surface area contributed by atoms with Crippen molar-refractivity contribution in [2.45, 2.75) is 0 Å². The minimum absolute atomic E-state index is 0.591. The maximum Gasteiger partial charge on any atom is 0.164 e. The van der Waals surface area contributed by atoms with Gasteiger partial charge in [-0.25, -0.2) is 15.0 Å². The molecule has 0 bridgehead atoms. The molecule has 0 fully saturated rings. The van der Waals surface area contributed by atoms with Gasteiger partial charge in [0.25, 0.3) is 0 Å². The van der Waals surface area contributed by atoms with E-state index in [2.05, 4.69) is 176 Å². The molecule has 3 heterocycles. The fourth-order valence-electron chi connectivity index (χ4n) is 9.33. The molecular formula is C59H35N3O2. The first kappa shape index (κ1) is 36.0. The summed E-state index contributed by atoms with van der Waals surface area (Å²) in [6.45, 7) is 0. The highest BCUT2D eigenvalue weighted by atomic mass is 16.3. The molecule has 0 unspecified atom stereocenters. The summed E-state index contributed by atoms with van der Waals surface area (Å²) in [5.41, 5.74) is 13.1. The summed E-state index contributed by atoms with van der Waals surface area (Å²) >= 11 is 0. The zero-order valence-corrected chi connectivity index (χ0v) is 34.4. The standard InChI is InChI=1S/C59H35N3O2/c1-2-10-36(11-3-1)38-20-22-39(23-21-38)43-30-31-52-50(35-43)55-47(15-8-18-53(55)64-52)44-27-25-42-34-46(29-26-41(42)32-44)58-60-57(45-28-24-37-12-4-5-13-40(37)33-45)61-59(62-58)49-16-9-19-54-56(49)48-14-6-7-17-51(48)63-54/h1-35H. The smallest absolute Gasteiger partial charge is 0.164 e. The van der Waals surface area contributed by atoms with E-state index in [4.69, 9.17) is 23.8 Å². The first-order chi connectivity index (χ1) is 31.7. The second kappa shape index (κ2) is 14.5. The number of hydrogen-bond donors (Lipinski definition) is 0. The van der Waals surface area contributed by atoms with E-state index < -0.39 is 0 Å². The number of para-hydroxylation sites is 1. The van der Waals surface area contributed by atoms with Gasteiger partial charge in [-0.1, -0.05) is 164 Å². The van der Waals surface area contributed by atoms with E-state index in [9.17, 15) is 0 Å². The Balaban J connectivity index is 0.908. The molecule has 0 N–H and O–H groups in total. The molecule has 13 aromatic rings. The molecular weight excluding hydrogens is 783 g/mol. The highest BCUT2D eigenvalue weighted by molar-refractivity contribution is 6.14. The van der Waals surface area contributed by atoms with Crippen LogP contribution in [0.1, 0.15) is 0 Å². The van der Waals surface area contributed by atoms with Crippen molar-refractivity contribution >= 4 is 65.4 Å². The minimum atomic E-state index is 0.591. The number of aromatic nitrogens is 3. The quantitative estimate of drug-likeness (QED) is 0.167. The Morgan fingerprint density at radius 2 is 0.719 bits per heavy atom. The number of hydrogen-bond acceptors (Lipinski definition) is 5. The van der Waals surface area contributed by atoms with Crippen LogP contribution in [0.5, 0.6) is 0 Å². The molecule has 5 nitrogen and oxygen atoms in total. The van der Waals surface area contributed by atoms with E-state index in [1.165, 1.54) is 11.1 Å². The van der Waals surface area contributed by atoms with Crippen molar-refractivity contribution in [3.63, 3.8) is 0 Å². The van der Waals surface area contributed by atoms with Crippen molar-refractivity contribution in [2.75, 3.05) is 0 Å². The maximum absolute atomic E-state index is 6.45. The molecule has 0 radical (unpaired) electrons. The SMILES string of the molecule is c1ccc(-c2ccc(-c3ccc4oc5cccc(-c6ccc7cc(-c8nc(-c9ccc%10ccccc%10c9)nc(-c9cccc%10oc%11ccccc%11c9%10)n8)ccc7c6)c5c4c3)cc2)cc1. The first-order valence-corrected chi connectivity index (χ1v) is 21.5. The van der Waals surface area contributed by atoms with Gasteiger partial charge in [0.1, 0.15) is 22.3 Å². The number of fused-ring (bicyclic) bond motifs is 8. The summed E-state index contributed by atoms with van der Waals surface area (Å²) in [7, 11) is 0. The molecule has 298 valence electrons. The molecule has 5 heteroatoms. The number of benzene rings is 10. The summed E-state index contributed by atoms with van der Waals surface area (Å²) in [6, 6.07) is 74.2. The van der Waals surface area contributed by atoms with E-state index >= 15 is 0 Å². The Kier molecular flexibility index (Phi) is 8.15. The van der Waals surface area contributed by atoms with Crippen molar-refractivity contribution in [3.05, 3.63) is 212 Å². The van der Waals surface area contributed by atoms with Crippen molar-refractivity contribution < 1.29 is 8.83 Å². The molecule has 64 heavy (non-hydrogen) atoms. The topological polar surface area (TPSA) is 65.0 Å². The van der Waals surface area contributed by atoms with Crippen LogP contribution in [0.2, 0.25) is 0 Å². The Hall–Kier alpha value is -8.67. The van der Waals surface area contributed by atoms with Gasteiger partial charge < -0.3 is 8.83 Å². The zero-order chi connectivity index (χ0) is 42.1. The third kappa shape index (κ3) is 6.05. The van der Waals surface area contributed by atoms with Crippen molar-refractivity contribution in [1.82, 2.24) is 15.0 Å². The van der Waals surface area contributed by atoms with Crippen LogP contribution in [0.4, 0.5) is 0 Å². The van der Waals surface area contributed by atoms with E-state index in [1.807, 2.05) is 36.4 Å². The van der Waals surface area contributed by atoms with Gasteiger partial charge >= 0.3 is 0 Å². The van der Waals surface area contributed by atoms with Gasteiger partial charge in [-0.3, -0.25) is 0 Å². The van der Waals surface area contributed by atoms with Crippen LogP contribution in [0.25, 0.3) is 133 Å². The highest BCUT2D eigenvalue weighted by Crippen LogP contribution is 2.41. The van der Waals surface area contributed by atoms with E-state index in [-0.39, 0.29) is 0 Å². The summed E-state index contributed by atoms with van der Waals surface area (Å²) in [5, 5.41) is 8.70. The second-order valence-electron chi connectivity index (χ2n) is 16.4. The summed E-state index contributed by atoms with van der Waals surface area (Å²) < 4.78 is 12.7. The van der Waals surface area contributed by atoms with Gasteiger partial charge in [0.15, 0.2) is 17.5 Å². The van der Waals surface area contributed by atoms with Crippen LogP contribution in [0, 0.1) is 0 Å². The van der Waals surface area contributed by atoms with Crippen molar-refractivity contribution in [3.8, 4) is 67.5 Å². The molecule has 13 rings (SSSR count). The summed E-state index contributed by atoms with van der Waals surface area (Å²) in [6.07, 6.45) is 0. The summed E-state index contributed by atoms with van der Waals surface area (Å²) in [5.74, 6) is 1.80. The molecule has 0 spiro atoms. The fraction of sp³-hybridized carbons (Fsp3) is 0. The van der Waals surface area contributed by atoms with Gasteiger partial charge in [-0.05, 0) is 103 Å². The molecule has 0 aliphatic rings. The maximum atomic E-state index is 6.45. The molecule has 0 aliphatic heterocycles. The van der Waals surface area contributed by atoms with Crippen LogP contribution in [0.15, 0.2) is 221 Å². The third-order valence-corrected chi connectivity index (χ3v) is 12.5. The molecule has 0 saturated carbocycles. The van der Waals surface area contributed by atoms with Gasteiger partial charge in [0.2, 0.25) is 0 Å². The Bertz CT molecular complexity index is 3960. The third-order valence-electron chi connectivity index (χ3n) is 12.5. The lowest BCUT2D eigenvalue weighted by molar-refractivity contribution is 0.668. The molecule has 3 aromatic heterocycles. The van der Waals surface area contributed by atoms with Gasteiger partial charge in [0, 0.05) is 38.2 Å². The van der Waals surface area contributed by atoms with Gasteiger partial charge in [-0.2, -0.15) is 0 Å². The van der Waals surface area contributed by atoms with Gasteiger partial charge in [-0.15, -0.1) is 0 Å².